The minimum Gasteiger partial charge on any atom is -0.258 e. The van der Waals surface area contributed by atoms with Crippen molar-refractivity contribution in [3.63, 3.8) is 0 Å². The van der Waals surface area contributed by atoms with Crippen LogP contribution < -0.4 is 9.44 Å². The fraction of sp³-hybridized carbons (Fsp3) is 0.800. The summed E-state index contributed by atoms with van der Waals surface area (Å²) < 4.78 is 6.62. The van der Waals surface area contributed by atoms with Crippen molar-refractivity contribution in [2.75, 3.05) is 13.1 Å². The van der Waals surface area contributed by atoms with Gasteiger partial charge in [-0.3, -0.25) is 9.44 Å². The van der Waals surface area contributed by atoms with Crippen LogP contribution in [0.3, 0.4) is 0 Å². The van der Waals surface area contributed by atoms with Crippen molar-refractivity contribution >= 4 is 16.2 Å². The molecule has 0 amide bonds. The topological polar surface area (TPSA) is 24.1 Å². The van der Waals surface area contributed by atoms with Crippen LogP contribution in [0.15, 0.2) is 0 Å². The summed E-state index contributed by atoms with van der Waals surface area (Å²) in [7, 11) is 0.248. The van der Waals surface area contributed by atoms with E-state index in [1.54, 1.807) is 0 Å². The van der Waals surface area contributed by atoms with Gasteiger partial charge in [-0.05, 0) is 11.8 Å². The highest BCUT2D eigenvalue weighted by molar-refractivity contribution is 8.11. The van der Waals surface area contributed by atoms with Gasteiger partial charge in [0.15, 0.2) is 0 Å². The van der Waals surface area contributed by atoms with E-state index in [0.717, 1.165) is 13.1 Å². The summed E-state index contributed by atoms with van der Waals surface area (Å²) in [5.41, 5.74) is 0. The predicted octanol–water partition coefficient (Wildman–Crippen LogP) is 0.490. The van der Waals surface area contributed by atoms with Gasteiger partial charge in [0.1, 0.15) is 0 Å². The van der Waals surface area contributed by atoms with Crippen LogP contribution in [0.5, 0.6) is 0 Å². The third-order valence-electron chi connectivity index (χ3n) is 0.986. The Kier molecular flexibility index (Phi) is 2.52. The van der Waals surface area contributed by atoms with Crippen molar-refractivity contribution in [1.82, 2.24) is 9.44 Å². The molecule has 0 aromatic carbocycles. The lowest BCUT2D eigenvalue weighted by molar-refractivity contribution is 0.966. The van der Waals surface area contributed by atoms with Gasteiger partial charge < -0.3 is 0 Å². The molecule has 0 saturated carbocycles. The molecule has 0 bridgehead atoms. The standard InChI is InChI=1S/C5H12N2S/c1-2-6-8-5-3-4-7-8/h5-7H,2-4H2,1H3. The summed E-state index contributed by atoms with van der Waals surface area (Å²) in [4.78, 5) is 0. The highest BCUT2D eigenvalue weighted by atomic mass is 32.2. The smallest absolute Gasteiger partial charge is 0.0105 e. The van der Waals surface area contributed by atoms with E-state index in [9.17, 15) is 0 Å². The van der Waals surface area contributed by atoms with Gasteiger partial charge in [-0.15, -0.1) is 0 Å². The first-order valence-corrected chi connectivity index (χ1v) is 4.25. The summed E-state index contributed by atoms with van der Waals surface area (Å²) >= 11 is 0. The first-order chi connectivity index (χ1) is 3.93. The third-order valence-corrected chi connectivity index (χ3v) is 2.67. The van der Waals surface area contributed by atoms with E-state index >= 15 is 0 Å². The fourth-order valence-corrected chi connectivity index (χ4v) is 2.01. The molecule has 0 spiro atoms. The lowest BCUT2D eigenvalue weighted by Crippen LogP contribution is -2.13. The summed E-state index contributed by atoms with van der Waals surface area (Å²) in [6.07, 6.45) is 1.22. The molecule has 0 fully saturated rings. The van der Waals surface area contributed by atoms with Crippen LogP contribution in [0.2, 0.25) is 0 Å². The first-order valence-electron chi connectivity index (χ1n) is 2.97. The Morgan fingerprint density at radius 1 is 1.88 bits per heavy atom. The van der Waals surface area contributed by atoms with Crippen LogP contribution in [0.4, 0.5) is 0 Å². The van der Waals surface area contributed by atoms with Gasteiger partial charge in [-0.2, -0.15) is 0 Å². The molecule has 0 aliphatic carbocycles. The van der Waals surface area contributed by atoms with Gasteiger partial charge in [0.25, 0.3) is 0 Å². The molecule has 48 valence electrons. The second-order valence-corrected chi connectivity index (χ2v) is 3.27. The summed E-state index contributed by atoms with van der Waals surface area (Å²) in [6, 6.07) is 0. The van der Waals surface area contributed by atoms with Crippen molar-refractivity contribution in [3.8, 4) is 0 Å². The summed E-state index contributed by atoms with van der Waals surface area (Å²) in [5.74, 6) is 0. The molecule has 1 unspecified atom stereocenters. The molecule has 1 heterocycles. The number of nitrogens with one attached hydrogen (secondary N) is 2. The van der Waals surface area contributed by atoms with Crippen molar-refractivity contribution in [2.24, 2.45) is 0 Å². The minimum absolute atomic E-state index is 0.248. The maximum absolute atomic E-state index is 3.32. The van der Waals surface area contributed by atoms with Gasteiger partial charge in [0.05, 0.1) is 0 Å². The Bertz CT molecular complexity index is 101. The van der Waals surface area contributed by atoms with Gasteiger partial charge in [0, 0.05) is 13.1 Å². The van der Waals surface area contributed by atoms with E-state index in [-0.39, 0.29) is 10.9 Å². The van der Waals surface area contributed by atoms with Gasteiger partial charge in [0.2, 0.25) is 0 Å². The largest absolute Gasteiger partial charge is 0.258 e. The highest BCUT2D eigenvalue weighted by Gasteiger charge is 1.97. The van der Waals surface area contributed by atoms with E-state index in [1.807, 2.05) is 0 Å². The Hall–Kier alpha value is 0.140. The zero-order chi connectivity index (χ0) is 5.82. The monoisotopic (exact) mass is 132 g/mol. The zero-order valence-corrected chi connectivity index (χ0v) is 5.92. The van der Waals surface area contributed by atoms with E-state index < -0.39 is 0 Å². The average molecular weight is 132 g/mol. The van der Waals surface area contributed by atoms with Gasteiger partial charge in [-0.1, -0.05) is 17.8 Å². The Morgan fingerprint density at radius 3 is 3.25 bits per heavy atom. The van der Waals surface area contributed by atoms with E-state index in [2.05, 4.69) is 21.7 Å². The first kappa shape index (κ1) is 6.26. The van der Waals surface area contributed by atoms with Crippen LogP contribution in [-0.2, 0) is 0 Å². The molecular weight excluding hydrogens is 120 g/mol. The average Bonchev–Trinajstić information content (AvgIpc) is 2.19. The zero-order valence-electron chi connectivity index (χ0n) is 5.11. The van der Waals surface area contributed by atoms with Crippen LogP contribution in [-0.4, -0.2) is 18.5 Å². The number of hydrogen-bond donors (Lipinski definition) is 2. The lowest BCUT2D eigenvalue weighted by Gasteiger charge is -2.01. The molecule has 8 heavy (non-hydrogen) atoms. The third kappa shape index (κ3) is 1.58. The second-order valence-electron chi connectivity index (χ2n) is 1.69. The fourth-order valence-electron chi connectivity index (χ4n) is 0.670. The number of hydrogen-bond acceptors (Lipinski definition) is 2. The maximum atomic E-state index is 3.32. The van der Waals surface area contributed by atoms with Crippen LogP contribution in [0.1, 0.15) is 13.3 Å². The van der Waals surface area contributed by atoms with Crippen molar-refractivity contribution in [1.29, 1.82) is 0 Å². The maximum Gasteiger partial charge on any atom is 0.0105 e. The Morgan fingerprint density at radius 2 is 2.75 bits per heavy atom. The summed E-state index contributed by atoms with van der Waals surface area (Å²) in [6.45, 7) is 4.34. The SMILES string of the molecule is CCNS1=CCCN1. The molecule has 2 N–H and O–H groups in total. The van der Waals surface area contributed by atoms with Crippen LogP contribution in [0.25, 0.3) is 0 Å². The van der Waals surface area contributed by atoms with Crippen molar-refractivity contribution in [3.05, 3.63) is 0 Å². The van der Waals surface area contributed by atoms with Crippen molar-refractivity contribution < 1.29 is 0 Å². The Labute approximate surface area is 52.9 Å². The van der Waals surface area contributed by atoms with E-state index in [1.165, 1.54) is 6.42 Å². The highest BCUT2D eigenvalue weighted by Crippen LogP contribution is 2.04. The van der Waals surface area contributed by atoms with E-state index in [4.69, 9.17) is 0 Å². The molecule has 1 aliphatic heterocycles. The van der Waals surface area contributed by atoms with Gasteiger partial charge in [-0.25, -0.2) is 0 Å². The molecule has 0 aromatic heterocycles. The Balaban J connectivity index is 2.23. The molecule has 1 rings (SSSR count). The molecule has 0 radical (unpaired) electrons. The second kappa shape index (κ2) is 3.22. The normalized spacial score (nSPS) is 27.9. The minimum atomic E-state index is 0.248. The molecule has 3 heteroatoms. The van der Waals surface area contributed by atoms with Crippen molar-refractivity contribution in [2.45, 2.75) is 13.3 Å². The quantitative estimate of drug-likeness (QED) is 0.534. The predicted molar refractivity (Wildman–Crippen MR) is 40.0 cm³/mol. The molecule has 1 atom stereocenters. The molecular formula is C5H12N2S. The van der Waals surface area contributed by atoms with Crippen LogP contribution >= 0.6 is 10.9 Å². The molecule has 1 aliphatic rings. The molecule has 2 nitrogen and oxygen atoms in total. The van der Waals surface area contributed by atoms with E-state index in [0.29, 0.717) is 0 Å². The van der Waals surface area contributed by atoms with Gasteiger partial charge >= 0.3 is 0 Å². The lowest BCUT2D eigenvalue weighted by atomic mass is 10.5. The number of rotatable bonds is 2. The van der Waals surface area contributed by atoms with Crippen LogP contribution in [0, 0.1) is 0 Å². The summed E-state index contributed by atoms with van der Waals surface area (Å²) in [5, 5.41) is 2.30. The molecule has 0 aromatic rings. The molecule has 0 saturated heterocycles.